The van der Waals surface area contributed by atoms with E-state index in [1.54, 1.807) is 30.3 Å². The van der Waals surface area contributed by atoms with Crippen molar-refractivity contribution in [3.8, 4) is 22.5 Å². The summed E-state index contributed by atoms with van der Waals surface area (Å²) in [6, 6.07) is 15.9. The molecule has 0 spiro atoms. The summed E-state index contributed by atoms with van der Waals surface area (Å²) in [4.78, 5) is 3.74. The fraction of sp³-hybridized carbons (Fsp3) is 0.297. The van der Waals surface area contributed by atoms with Crippen molar-refractivity contribution in [2.75, 3.05) is 12.3 Å². The third-order valence-electron chi connectivity index (χ3n) is 8.53. The van der Waals surface area contributed by atoms with Crippen molar-refractivity contribution >= 4 is 27.6 Å². The van der Waals surface area contributed by atoms with Gasteiger partial charge in [-0.05, 0) is 82.2 Å². The Kier molecular flexibility index (Phi) is 10.8. The third-order valence-corrected chi connectivity index (χ3v) is 9.56. The standard InChI is InChI=1S/C37H35ClF4N2O5S/c1-36(2,3)27-12-8-23(9-13-27)28(18-22-4-6-24(7-5-22)35(45)43-16-17-50(46,47)48)33-21-34(49-44-33)29-19-25(11-15-32(29)39)26-10-14-30(31(38)20-26)37(40,41)42/h4-8,10-15,19-21,23,28H,9,16-18H2,1-3H3,(H,43,45)(H,46,47,48). The molecule has 1 aromatic heterocycles. The number of hydrogen-bond acceptors (Lipinski definition) is 5. The number of allylic oxidation sites excluding steroid dienone is 4. The monoisotopic (exact) mass is 730 g/mol. The van der Waals surface area contributed by atoms with E-state index in [-0.39, 0.29) is 40.7 Å². The summed E-state index contributed by atoms with van der Waals surface area (Å²) >= 11 is 5.94. The number of rotatable bonds is 10. The second kappa shape index (κ2) is 14.5. The second-order valence-electron chi connectivity index (χ2n) is 13.2. The van der Waals surface area contributed by atoms with Crippen LogP contribution in [0.25, 0.3) is 22.5 Å². The van der Waals surface area contributed by atoms with Gasteiger partial charge in [0.2, 0.25) is 0 Å². The molecular weight excluding hydrogens is 696 g/mol. The van der Waals surface area contributed by atoms with Crippen LogP contribution in [-0.2, 0) is 22.7 Å². The number of aliphatic imine (C=N–C) groups is 1. The van der Waals surface area contributed by atoms with Gasteiger partial charge >= 0.3 is 16.3 Å². The van der Waals surface area contributed by atoms with Gasteiger partial charge in [0.05, 0.1) is 28.4 Å². The summed E-state index contributed by atoms with van der Waals surface area (Å²) in [5, 5.41) is 16.3. The van der Waals surface area contributed by atoms with Crippen molar-refractivity contribution in [2.24, 2.45) is 16.3 Å². The van der Waals surface area contributed by atoms with Crippen LogP contribution in [0.5, 0.6) is 0 Å². The maximum absolute atomic E-state index is 15.2. The van der Waals surface area contributed by atoms with E-state index in [2.05, 4.69) is 49.1 Å². The fourth-order valence-corrected chi connectivity index (χ4v) is 6.39. The van der Waals surface area contributed by atoms with Gasteiger partial charge in [-0.15, -0.1) is 0 Å². The Morgan fingerprint density at radius 1 is 1.10 bits per heavy atom. The molecule has 3 aromatic carbocycles. The maximum atomic E-state index is 15.2. The molecule has 3 atom stereocenters. The van der Waals surface area contributed by atoms with Crippen molar-refractivity contribution in [3.05, 3.63) is 124 Å². The number of halogens is 5. The van der Waals surface area contributed by atoms with Gasteiger partial charge in [0.25, 0.3) is 0 Å². The molecule has 5 rings (SSSR count). The topological polar surface area (TPSA) is 120 Å². The first-order chi connectivity index (χ1) is 23.4. The van der Waals surface area contributed by atoms with E-state index in [0.29, 0.717) is 29.7 Å². The Morgan fingerprint density at radius 2 is 1.78 bits per heavy atom. The van der Waals surface area contributed by atoms with Crippen LogP contribution in [0.1, 0.15) is 55.5 Å². The molecule has 0 amide bonds. The normalized spacial score (nSPS) is 17.3. The first-order valence-corrected chi connectivity index (χ1v) is 17.7. The lowest BCUT2D eigenvalue weighted by atomic mass is 9.76. The van der Waals surface area contributed by atoms with E-state index < -0.39 is 44.3 Å². The van der Waals surface area contributed by atoms with Gasteiger partial charge in [-0.2, -0.15) is 17.4 Å². The van der Waals surface area contributed by atoms with E-state index in [0.717, 1.165) is 11.6 Å². The Labute approximate surface area is 292 Å². The SMILES string of the molecule is CC(C)(C)C1=CCC(C(Cc2ccc(C([O-])=NCCS(=O)(O)=[OH+])cc2)c2cc(-c3cc(-c4ccc(C(F)(F)F)c(Cl)c4)ccc3F)on2)C=C1. The van der Waals surface area contributed by atoms with Crippen molar-refractivity contribution in [1.29, 1.82) is 0 Å². The largest absolute Gasteiger partial charge is 0.858 e. The van der Waals surface area contributed by atoms with Gasteiger partial charge in [0.15, 0.2) is 5.76 Å². The smallest absolute Gasteiger partial charge is 0.417 e. The lowest BCUT2D eigenvalue weighted by Crippen LogP contribution is -2.21. The van der Waals surface area contributed by atoms with E-state index in [1.165, 1.54) is 35.9 Å². The van der Waals surface area contributed by atoms with Crippen LogP contribution >= 0.6 is 11.6 Å². The molecule has 0 radical (unpaired) electrons. The van der Waals surface area contributed by atoms with Crippen LogP contribution in [0.2, 0.25) is 5.02 Å². The second-order valence-corrected chi connectivity index (χ2v) is 15.2. The molecule has 4 aromatic rings. The van der Waals surface area contributed by atoms with Crippen LogP contribution < -0.4 is 5.11 Å². The molecule has 13 heteroatoms. The summed E-state index contributed by atoms with van der Waals surface area (Å²) in [5.74, 6) is -1.83. The van der Waals surface area contributed by atoms with Gasteiger partial charge < -0.3 is 9.63 Å². The molecule has 0 aliphatic heterocycles. The molecule has 50 heavy (non-hydrogen) atoms. The van der Waals surface area contributed by atoms with Gasteiger partial charge in [-0.1, -0.05) is 92.2 Å². The van der Waals surface area contributed by atoms with Gasteiger partial charge in [-0.25, -0.2) is 13.2 Å². The van der Waals surface area contributed by atoms with E-state index in [1.807, 2.05) is 0 Å². The summed E-state index contributed by atoms with van der Waals surface area (Å²) in [5.41, 5.74) is 2.78. The van der Waals surface area contributed by atoms with E-state index >= 15 is 4.39 Å². The Morgan fingerprint density at radius 3 is 2.38 bits per heavy atom. The first-order valence-electron chi connectivity index (χ1n) is 15.7. The minimum absolute atomic E-state index is 0.00681. The molecule has 1 aliphatic rings. The number of benzene rings is 3. The predicted molar refractivity (Wildman–Crippen MR) is 184 cm³/mol. The number of aromatic nitrogens is 1. The number of alkyl halides is 3. The van der Waals surface area contributed by atoms with E-state index in [4.69, 9.17) is 24.9 Å². The van der Waals surface area contributed by atoms with Crippen LogP contribution in [0.15, 0.2) is 100 Å². The van der Waals surface area contributed by atoms with Crippen molar-refractivity contribution in [1.82, 2.24) is 5.16 Å². The van der Waals surface area contributed by atoms with Gasteiger partial charge in [-0.3, -0.25) is 4.99 Å². The minimum atomic E-state index is -4.61. The minimum Gasteiger partial charge on any atom is -0.858 e. The first kappa shape index (κ1) is 37.0. The van der Waals surface area contributed by atoms with Crippen molar-refractivity contribution < 1.29 is 40.2 Å². The van der Waals surface area contributed by atoms with E-state index in [9.17, 15) is 22.5 Å². The van der Waals surface area contributed by atoms with Crippen LogP contribution in [0, 0.1) is 17.2 Å². The lowest BCUT2D eigenvalue weighted by Gasteiger charge is -2.29. The van der Waals surface area contributed by atoms with Crippen LogP contribution in [0.3, 0.4) is 0 Å². The molecule has 7 nitrogen and oxygen atoms in total. The van der Waals surface area contributed by atoms with Crippen LogP contribution in [-0.4, -0.2) is 36.3 Å². The summed E-state index contributed by atoms with van der Waals surface area (Å²) in [6.45, 7) is 6.09. The molecule has 264 valence electrons. The highest BCUT2D eigenvalue weighted by atomic mass is 35.5. The third kappa shape index (κ3) is 9.09. The molecular formula is C37H35ClF4N2O5S. The molecule has 3 unspecified atom stereocenters. The Bertz CT molecular complexity index is 2060. The van der Waals surface area contributed by atoms with Crippen molar-refractivity contribution in [2.45, 2.75) is 45.7 Å². The summed E-state index contributed by atoms with van der Waals surface area (Å²) in [6.07, 6.45) is 3.00. The maximum Gasteiger partial charge on any atom is 0.417 e. The zero-order chi connectivity index (χ0) is 36.4. The molecule has 0 fully saturated rings. The average Bonchev–Trinajstić information content (AvgIpc) is 3.52. The number of hydrogen-bond donors (Lipinski definition) is 1. The summed E-state index contributed by atoms with van der Waals surface area (Å²) in [7, 11) is -3.99. The highest BCUT2D eigenvalue weighted by molar-refractivity contribution is 7.85. The van der Waals surface area contributed by atoms with Crippen molar-refractivity contribution in [3.63, 3.8) is 0 Å². The molecule has 0 saturated carbocycles. The highest BCUT2D eigenvalue weighted by Gasteiger charge is 2.33. The summed E-state index contributed by atoms with van der Waals surface area (Å²) < 4.78 is 89.7. The number of nitrogens with zero attached hydrogens (tertiary/aromatic N) is 2. The lowest BCUT2D eigenvalue weighted by molar-refractivity contribution is -0.213. The van der Waals surface area contributed by atoms with Crippen LogP contribution in [0.4, 0.5) is 17.6 Å². The predicted octanol–water partition coefficient (Wildman–Crippen LogP) is 8.85. The molecule has 0 saturated heterocycles. The molecule has 1 heterocycles. The average molecular weight is 731 g/mol. The highest BCUT2D eigenvalue weighted by Crippen LogP contribution is 2.41. The molecule has 2 N–H and O–H groups in total. The molecule has 1 aliphatic carbocycles. The zero-order valence-electron chi connectivity index (χ0n) is 27.4. The van der Waals surface area contributed by atoms with Gasteiger partial charge in [0, 0.05) is 12.0 Å². The Hall–Kier alpha value is -4.26. The van der Waals surface area contributed by atoms with Gasteiger partial charge in [0.1, 0.15) is 11.6 Å². The fourth-order valence-electron chi connectivity index (χ4n) is 5.77. The quantitative estimate of drug-likeness (QED) is 0.0575. The molecule has 0 bridgehead atoms. The zero-order valence-corrected chi connectivity index (χ0v) is 29.0. The Balaban J connectivity index is 1.44.